The van der Waals surface area contributed by atoms with Gasteiger partial charge in [-0.25, -0.2) is 0 Å². The lowest BCUT2D eigenvalue weighted by Crippen LogP contribution is -2.22. The number of hydrogen-bond acceptors (Lipinski definition) is 3. The molecule has 0 N–H and O–H groups in total. The molecule has 1 atom stereocenters. The summed E-state index contributed by atoms with van der Waals surface area (Å²) >= 11 is 0. The summed E-state index contributed by atoms with van der Waals surface area (Å²) in [5.74, 6) is 0.171. The van der Waals surface area contributed by atoms with Crippen LogP contribution in [0.25, 0.3) is 0 Å². The lowest BCUT2D eigenvalue weighted by molar-refractivity contribution is -0.139. The summed E-state index contributed by atoms with van der Waals surface area (Å²) < 4.78 is 5.35. The van der Waals surface area contributed by atoms with E-state index in [2.05, 4.69) is 6.08 Å². The molecule has 0 aliphatic heterocycles. The number of ether oxygens (including phenoxy) is 1. The Morgan fingerprint density at radius 1 is 1.15 bits per heavy atom. The fourth-order valence-electron chi connectivity index (χ4n) is 2.13. The van der Waals surface area contributed by atoms with Crippen molar-refractivity contribution < 1.29 is 14.3 Å². The highest BCUT2D eigenvalue weighted by molar-refractivity contribution is 5.94. The molecule has 4 heteroatoms. The van der Waals surface area contributed by atoms with Gasteiger partial charge in [-0.3, -0.25) is 9.59 Å². The van der Waals surface area contributed by atoms with Crippen molar-refractivity contribution in [3.8, 4) is 5.75 Å². The number of hydrogen-bond donors (Lipinski definition) is 0. The maximum atomic E-state index is 12.0. The third-order valence-electron chi connectivity index (χ3n) is 3.33. The molecular formula is C16H19NO3. The predicted molar refractivity (Wildman–Crippen MR) is 76.6 cm³/mol. The molecule has 106 valence electrons. The molecule has 1 amide bonds. The summed E-state index contributed by atoms with van der Waals surface area (Å²) in [4.78, 5) is 25.2. The average molecular weight is 273 g/mol. The van der Waals surface area contributed by atoms with Crippen molar-refractivity contribution in [2.75, 3.05) is 14.1 Å². The molecule has 20 heavy (non-hydrogen) atoms. The largest absolute Gasteiger partial charge is 0.426 e. The molecule has 4 nitrogen and oxygen atoms in total. The molecule has 0 aromatic heterocycles. The van der Waals surface area contributed by atoms with E-state index in [1.54, 1.807) is 38.4 Å². The Labute approximate surface area is 119 Å². The summed E-state index contributed by atoms with van der Waals surface area (Å²) in [6, 6.07) is 6.66. The van der Waals surface area contributed by atoms with E-state index >= 15 is 0 Å². The van der Waals surface area contributed by atoms with Crippen molar-refractivity contribution >= 4 is 11.9 Å². The normalized spacial score (nSPS) is 17.6. The Kier molecular flexibility index (Phi) is 4.56. The first-order valence-corrected chi connectivity index (χ1v) is 6.76. The Hall–Kier alpha value is -2.10. The molecule has 0 radical (unpaired) electrons. The molecule has 0 heterocycles. The maximum absolute atomic E-state index is 12.0. The molecule has 1 aromatic rings. The first-order chi connectivity index (χ1) is 9.58. The van der Waals surface area contributed by atoms with Crippen molar-refractivity contribution in [1.29, 1.82) is 0 Å². The lowest BCUT2D eigenvalue weighted by Gasteiger charge is -2.16. The van der Waals surface area contributed by atoms with Gasteiger partial charge < -0.3 is 9.64 Å². The van der Waals surface area contributed by atoms with Crippen molar-refractivity contribution in [2.24, 2.45) is 5.92 Å². The van der Waals surface area contributed by atoms with Gasteiger partial charge in [0.1, 0.15) is 5.75 Å². The van der Waals surface area contributed by atoms with E-state index in [9.17, 15) is 9.59 Å². The third kappa shape index (κ3) is 3.47. The van der Waals surface area contributed by atoms with Crippen LogP contribution in [0.4, 0.5) is 0 Å². The zero-order valence-corrected chi connectivity index (χ0v) is 11.8. The van der Waals surface area contributed by atoms with Gasteiger partial charge in [-0.15, -0.1) is 0 Å². The number of rotatable bonds is 3. The standard InChI is InChI=1S/C16H19NO3/c1-17(2)15(18)12-8-10-14(11-9-12)20-16(19)13-6-4-3-5-7-13/h3-4,8-11,13H,5-7H2,1-2H3/t13-/m0/s1. The summed E-state index contributed by atoms with van der Waals surface area (Å²) in [5.41, 5.74) is 0.579. The topological polar surface area (TPSA) is 46.6 Å². The predicted octanol–water partition coefficient (Wildman–Crippen LogP) is 2.65. The van der Waals surface area contributed by atoms with E-state index in [4.69, 9.17) is 4.74 Å². The minimum atomic E-state index is -0.193. The number of benzene rings is 1. The van der Waals surface area contributed by atoms with Gasteiger partial charge in [0.25, 0.3) is 5.91 Å². The molecule has 0 fully saturated rings. The van der Waals surface area contributed by atoms with Gasteiger partial charge >= 0.3 is 5.97 Å². The fourth-order valence-corrected chi connectivity index (χ4v) is 2.13. The van der Waals surface area contributed by atoms with Crippen molar-refractivity contribution in [3.05, 3.63) is 42.0 Å². The van der Waals surface area contributed by atoms with E-state index in [0.29, 0.717) is 11.3 Å². The summed E-state index contributed by atoms with van der Waals surface area (Å²) in [7, 11) is 3.40. The second-order valence-corrected chi connectivity index (χ2v) is 5.13. The van der Waals surface area contributed by atoms with Crippen LogP contribution < -0.4 is 4.74 Å². The molecule has 0 spiro atoms. The van der Waals surface area contributed by atoms with E-state index in [-0.39, 0.29) is 17.8 Å². The first kappa shape index (κ1) is 14.3. The molecule has 0 saturated heterocycles. The van der Waals surface area contributed by atoms with Gasteiger partial charge in [0, 0.05) is 19.7 Å². The molecule has 1 aromatic carbocycles. The zero-order chi connectivity index (χ0) is 14.5. The van der Waals surface area contributed by atoms with Crippen LogP contribution in [0.5, 0.6) is 5.75 Å². The number of amides is 1. The Morgan fingerprint density at radius 3 is 2.40 bits per heavy atom. The summed E-state index contributed by atoms with van der Waals surface area (Å²) in [5, 5.41) is 0. The van der Waals surface area contributed by atoms with E-state index in [1.807, 2.05) is 6.08 Å². The van der Waals surface area contributed by atoms with E-state index in [1.165, 1.54) is 4.90 Å². The van der Waals surface area contributed by atoms with Gasteiger partial charge in [-0.05, 0) is 43.5 Å². The molecule has 1 aliphatic carbocycles. The molecule has 1 aliphatic rings. The molecule has 0 bridgehead atoms. The van der Waals surface area contributed by atoms with Crippen LogP contribution in [0, 0.1) is 5.92 Å². The van der Waals surface area contributed by atoms with Crippen LogP contribution in [0.15, 0.2) is 36.4 Å². The Balaban J connectivity index is 1.98. The highest BCUT2D eigenvalue weighted by Gasteiger charge is 2.20. The van der Waals surface area contributed by atoms with Crippen molar-refractivity contribution in [1.82, 2.24) is 4.90 Å². The third-order valence-corrected chi connectivity index (χ3v) is 3.33. The van der Waals surface area contributed by atoms with Crippen LogP contribution >= 0.6 is 0 Å². The smallest absolute Gasteiger partial charge is 0.314 e. The molecule has 2 rings (SSSR count). The number of carbonyl (C=O) groups is 2. The van der Waals surface area contributed by atoms with Gasteiger partial charge in [-0.1, -0.05) is 12.2 Å². The minimum Gasteiger partial charge on any atom is -0.426 e. The summed E-state index contributed by atoms with van der Waals surface area (Å²) in [6.45, 7) is 0. The average Bonchev–Trinajstić information content (AvgIpc) is 2.48. The van der Waals surface area contributed by atoms with Gasteiger partial charge in [0.05, 0.1) is 5.92 Å². The molecule has 0 unspecified atom stereocenters. The highest BCUT2D eigenvalue weighted by atomic mass is 16.5. The number of esters is 1. The van der Waals surface area contributed by atoms with Gasteiger partial charge in [-0.2, -0.15) is 0 Å². The van der Waals surface area contributed by atoms with Crippen molar-refractivity contribution in [3.63, 3.8) is 0 Å². The zero-order valence-electron chi connectivity index (χ0n) is 11.8. The minimum absolute atomic E-state index is 0.0527. The molecule has 0 saturated carbocycles. The van der Waals surface area contributed by atoms with Crippen LogP contribution in [0.1, 0.15) is 29.6 Å². The lowest BCUT2D eigenvalue weighted by atomic mass is 9.95. The second-order valence-electron chi connectivity index (χ2n) is 5.13. The number of carbonyl (C=O) groups excluding carboxylic acids is 2. The quantitative estimate of drug-likeness (QED) is 0.483. The number of allylic oxidation sites excluding steroid dienone is 2. The van der Waals surface area contributed by atoms with Crippen LogP contribution in [0.3, 0.4) is 0 Å². The van der Waals surface area contributed by atoms with Crippen LogP contribution in [-0.4, -0.2) is 30.9 Å². The van der Waals surface area contributed by atoms with Crippen LogP contribution in [-0.2, 0) is 4.79 Å². The van der Waals surface area contributed by atoms with E-state index < -0.39 is 0 Å². The number of nitrogens with zero attached hydrogens (tertiary/aromatic N) is 1. The monoisotopic (exact) mass is 273 g/mol. The second kappa shape index (κ2) is 6.37. The van der Waals surface area contributed by atoms with Crippen molar-refractivity contribution in [2.45, 2.75) is 19.3 Å². The maximum Gasteiger partial charge on any atom is 0.314 e. The van der Waals surface area contributed by atoms with E-state index in [0.717, 1.165) is 19.3 Å². The van der Waals surface area contributed by atoms with Gasteiger partial charge in [0.2, 0.25) is 0 Å². The first-order valence-electron chi connectivity index (χ1n) is 6.76. The SMILES string of the molecule is CN(C)C(=O)c1ccc(OC(=O)[C@H]2CC=CCC2)cc1. The Bertz CT molecular complexity index is 517. The summed E-state index contributed by atoms with van der Waals surface area (Å²) in [6.07, 6.45) is 6.62. The Morgan fingerprint density at radius 2 is 1.85 bits per heavy atom. The van der Waals surface area contributed by atoms with Crippen LogP contribution in [0.2, 0.25) is 0 Å². The highest BCUT2D eigenvalue weighted by Crippen LogP contribution is 2.21. The fraction of sp³-hybridized carbons (Fsp3) is 0.375. The molecular weight excluding hydrogens is 254 g/mol. The van der Waals surface area contributed by atoms with Gasteiger partial charge in [0.15, 0.2) is 0 Å².